The molecule has 0 N–H and O–H groups in total. The number of hydrogen-bond acceptors (Lipinski definition) is 8. The second kappa shape index (κ2) is 12.0. The molecule has 2 heterocycles. The first-order chi connectivity index (χ1) is 18.4. The molecule has 0 radical (unpaired) electrons. The second-order valence-electron chi connectivity index (χ2n) is 10.9. The van der Waals surface area contributed by atoms with Gasteiger partial charge >= 0.3 is 5.97 Å². The maximum atomic E-state index is 12.6. The van der Waals surface area contributed by atoms with E-state index in [1.54, 1.807) is 25.2 Å². The van der Waals surface area contributed by atoms with Gasteiger partial charge < -0.3 is 13.9 Å². The number of benzene rings is 2. The lowest BCUT2D eigenvalue weighted by molar-refractivity contribution is -0.170. The van der Waals surface area contributed by atoms with Crippen LogP contribution >= 0.6 is 27.3 Å². The quantitative estimate of drug-likeness (QED) is 0.171. The molecule has 2 aromatic carbocycles. The molecule has 206 valence electrons. The van der Waals surface area contributed by atoms with Crippen LogP contribution in [0.3, 0.4) is 0 Å². The number of esters is 1. The Morgan fingerprint density at radius 2 is 1.79 bits per heavy atom. The number of aromatic nitrogens is 2. The van der Waals surface area contributed by atoms with Gasteiger partial charge in [0.1, 0.15) is 17.1 Å². The molecule has 0 unspecified atom stereocenters. The Balaban J connectivity index is 1.48. The van der Waals surface area contributed by atoms with Crippen LogP contribution in [0, 0.1) is 6.92 Å². The molecular formula is C30H34BrN3O4S. The van der Waals surface area contributed by atoms with Crippen LogP contribution in [0.4, 0.5) is 0 Å². The third-order valence-electron chi connectivity index (χ3n) is 5.80. The molecule has 4 rings (SSSR count). The van der Waals surface area contributed by atoms with Gasteiger partial charge in [-0.2, -0.15) is 0 Å². The number of aryl methyl sites for hydroxylation is 1. The average Bonchev–Trinajstić information content (AvgIpc) is 3.49. The molecule has 2 aromatic heterocycles. The van der Waals surface area contributed by atoms with Gasteiger partial charge in [0.2, 0.25) is 5.89 Å². The number of nitrogens with zero attached hydrogens (tertiary/aromatic N) is 3. The number of hydrogen-bond donors (Lipinski definition) is 0. The van der Waals surface area contributed by atoms with E-state index in [4.69, 9.17) is 18.9 Å². The summed E-state index contributed by atoms with van der Waals surface area (Å²) in [6.07, 6.45) is 0. The molecule has 0 amide bonds. The summed E-state index contributed by atoms with van der Waals surface area (Å²) in [7, 11) is 0. The number of rotatable bonds is 10. The van der Waals surface area contributed by atoms with Crippen LogP contribution in [-0.2, 0) is 29.2 Å². The lowest BCUT2D eigenvalue weighted by Crippen LogP contribution is -2.43. The lowest BCUT2D eigenvalue weighted by Gasteiger charge is -2.29. The van der Waals surface area contributed by atoms with Crippen LogP contribution in [0.2, 0.25) is 0 Å². The summed E-state index contributed by atoms with van der Waals surface area (Å²) in [6.45, 7) is 12.9. The highest BCUT2D eigenvalue weighted by Crippen LogP contribution is 2.27. The lowest BCUT2D eigenvalue weighted by atomic mass is 10.1. The van der Waals surface area contributed by atoms with Crippen molar-refractivity contribution in [2.75, 3.05) is 0 Å². The van der Waals surface area contributed by atoms with E-state index in [1.807, 2.05) is 81.7 Å². The smallest absolute Gasteiger partial charge is 0.350 e. The van der Waals surface area contributed by atoms with Crippen molar-refractivity contribution in [1.82, 2.24) is 14.9 Å². The number of carbonyl (C=O) groups excluding carboxylic acids is 1. The zero-order chi connectivity index (χ0) is 28.2. The topological polar surface area (TPSA) is 77.7 Å². The SMILES string of the molecule is Cc1oc(-c2cccc(Br)c2)nc1CN(Cc1ccc(OC(C)(C)C(=O)OC(C)(C)C)cc1)Cc1cscn1. The fourth-order valence-electron chi connectivity index (χ4n) is 3.90. The molecule has 0 atom stereocenters. The summed E-state index contributed by atoms with van der Waals surface area (Å²) < 4.78 is 18.5. The normalized spacial score (nSPS) is 12.1. The second-order valence-corrected chi connectivity index (χ2v) is 12.5. The van der Waals surface area contributed by atoms with E-state index in [0.717, 1.165) is 32.7 Å². The van der Waals surface area contributed by atoms with Gasteiger partial charge in [-0.1, -0.05) is 34.1 Å². The molecule has 0 aliphatic carbocycles. The maximum absolute atomic E-state index is 12.6. The van der Waals surface area contributed by atoms with Crippen molar-refractivity contribution in [2.45, 2.75) is 72.4 Å². The Bertz CT molecular complexity index is 1390. The van der Waals surface area contributed by atoms with Crippen molar-refractivity contribution in [1.29, 1.82) is 0 Å². The van der Waals surface area contributed by atoms with Gasteiger partial charge in [0, 0.05) is 35.1 Å². The van der Waals surface area contributed by atoms with Crippen LogP contribution in [0.15, 0.2) is 68.3 Å². The average molecular weight is 613 g/mol. The maximum Gasteiger partial charge on any atom is 0.350 e. The molecule has 0 saturated carbocycles. The number of carbonyl (C=O) groups is 1. The number of oxazole rings is 1. The number of thiazole rings is 1. The van der Waals surface area contributed by atoms with E-state index in [0.29, 0.717) is 31.3 Å². The van der Waals surface area contributed by atoms with Gasteiger partial charge in [0.15, 0.2) is 5.60 Å². The first-order valence-electron chi connectivity index (χ1n) is 12.7. The van der Waals surface area contributed by atoms with Gasteiger partial charge in [0.25, 0.3) is 0 Å². The predicted molar refractivity (Wildman–Crippen MR) is 156 cm³/mol. The first-order valence-corrected chi connectivity index (χ1v) is 14.4. The summed E-state index contributed by atoms with van der Waals surface area (Å²) >= 11 is 5.10. The van der Waals surface area contributed by atoms with Gasteiger partial charge in [-0.25, -0.2) is 14.8 Å². The van der Waals surface area contributed by atoms with Crippen LogP contribution in [0.5, 0.6) is 5.75 Å². The zero-order valence-electron chi connectivity index (χ0n) is 23.2. The molecule has 4 aromatic rings. The van der Waals surface area contributed by atoms with E-state index >= 15 is 0 Å². The van der Waals surface area contributed by atoms with Crippen molar-refractivity contribution >= 4 is 33.2 Å². The Labute approximate surface area is 242 Å². The third-order valence-corrected chi connectivity index (χ3v) is 6.93. The van der Waals surface area contributed by atoms with Crippen LogP contribution in [-0.4, -0.2) is 32.0 Å². The fourth-order valence-corrected chi connectivity index (χ4v) is 4.85. The van der Waals surface area contributed by atoms with E-state index in [-0.39, 0.29) is 0 Å². The van der Waals surface area contributed by atoms with Gasteiger partial charge in [-0.15, -0.1) is 11.3 Å². The third kappa shape index (κ3) is 8.24. The first kappa shape index (κ1) is 29.0. The van der Waals surface area contributed by atoms with E-state index in [2.05, 4.69) is 31.2 Å². The number of ether oxygens (including phenoxy) is 2. The molecule has 0 spiro atoms. The minimum Gasteiger partial charge on any atom is -0.476 e. The summed E-state index contributed by atoms with van der Waals surface area (Å²) in [5.74, 6) is 1.60. The van der Waals surface area contributed by atoms with Crippen molar-refractivity contribution in [2.24, 2.45) is 0 Å². The molecular weight excluding hydrogens is 578 g/mol. The Hall–Kier alpha value is -3.01. The molecule has 0 bridgehead atoms. The summed E-state index contributed by atoms with van der Waals surface area (Å²) in [4.78, 5) is 24.2. The summed E-state index contributed by atoms with van der Waals surface area (Å²) in [6, 6.07) is 15.7. The number of halogens is 1. The largest absolute Gasteiger partial charge is 0.476 e. The van der Waals surface area contributed by atoms with E-state index in [9.17, 15) is 4.79 Å². The molecule has 9 heteroatoms. The molecule has 0 saturated heterocycles. The van der Waals surface area contributed by atoms with E-state index < -0.39 is 17.2 Å². The minimum atomic E-state index is -1.11. The van der Waals surface area contributed by atoms with Crippen LogP contribution in [0.25, 0.3) is 11.5 Å². The molecule has 0 fully saturated rings. The van der Waals surface area contributed by atoms with Gasteiger partial charge in [0.05, 0.1) is 16.9 Å². The van der Waals surface area contributed by atoms with Crippen LogP contribution < -0.4 is 4.74 Å². The van der Waals surface area contributed by atoms with Crippen molar-refractivity contribution in [3.05, 3.63) is 86.6 Å². The van der Waals surface area contributed by atoms with Crippen molar-refractivity contribution in [3.63, 3.8) is 0 Å². The van der Waals surface area contributed by atoms with Crippen molar-refractivity contribution in [3.8, 4) is 17.2 Å². The highest BCUT2D eigenvalue weighted by Gasteiger charge is 2.34. The Morgan fingerprint density at radius 1 is 1.05 bits per heavy atom. The van der Waals surface area contributed by atoms with Crippen LogP contribution in [0.1, 0.15) is 57.3 Å². The monoisotopic (exact) mass is 611 g/mol. The fraction of sp³-hybridized carbons (Fsp3) is 0.367. The summed E-state index contributed by atoms with van der Waals surface area (Å²) in [5, 5.41) is 2.06. The zero-order valence-corrected chi connectivity index (χ0v) is 25.6. The van der Waals surface area contributed by atoms with Gasteiger partial charge in [-0.3, -0.25) is 4.90 Å². The molecule has 7 nitrogen and oxygen atoms in total. The molecule has 39 heavy (non-hydrogen) atoms. The van der Waals surface area contributed by atoms with E-state index in [1.165, 1.54) is 0 Å². The highest BCUT2D eigenvalue weighted by atomic mass is 79.9. The standard InChI is InChI=1S/C30H34BrN3O4S/c1-20-26(33-27(36-20)22-8-7-9-23(31)14-22)17-34(16-24-18-39-19-32-24)15-21-10-12-25(13-11-21)37-30(5,6)28(35)38-29(2,3)4/h7-14,18-19H,15-17H2,1-6H3. The highest BCUT2D eigenvalue weighted by molar-refractivity contribution is 9.10. The predicted octanol–water partition coefficient (Wildman–Crippen LogP) is 7.57. The molecule has 0 aliphatic heterocycles. The summed E-state index contributed by atoms with van der Waals surface area (Å²) in [5.41, 5.74) is 4.08. The Morgan fingerprint density at radius 3 is 2.44 bits per heavy atom. The Kier molecular flexibility index (Phi) is 8.93. The minimum absolute atomic E-state index is 0.404. The molecule has 0 aliphatic rings. The van der Waals surface area contributed by atoms with Gasteiger partial charge in [-0.05, 0) is 77.4 Å². The van der Waals surface area contributed by atoms with Crippen molar-refractivity contribution < 1.29 is 18.7 Å².